The summed E-state index contributed by atoms with van der Waals surface area (Å²) in [7, 11) is 0. The van der Waals surface area contributed by atoms with Crippen LogP contribution in [0.5, 0.6) is 0 Å². The van der Waals surface area contributed by atoms with Gasteiger partial charge in [-0.1, -0.05) is 49.8 Å². The first kappa shape index (κ1) is 16.0. The van der Waals surface area contributed by atoms with E-state index in [1.807, 2.05) is 0 Å². The molecule has 1 aliphatic heterocycles. The molecular weight excluding hydrogens is 304 g/mol. The van der Waals surface area contributed by atoms with Gasteiger partial charge in [-0.2, -0.15) is 0 Å². The maximum absolute atomic E-state index is 4.83. The van der Waals surface area contributed by atoms with Gasteiger partial charge in [-0.3, -0.25) is 4.99 Å². The third-order valence-electron chi connectivity index (χ3n) is 5.13. The third-order valence-corrected chi connectivity index (χ3v) is 5.13. The molecule has 126 valence electrons. The maximum atomic E-state index is 4.83. The van der Waals surface area contributed by atoms with Gasteiger partial charge in [0.2, 0.25) is 0 Å². The Bertz CT molecular complexity index is 900. The van der Waals surface area contributed by atoms with Crippen molar-refractivity contribution in [1.29, 1.82) is 0 Å². The SMILES string of the molecule is CCCCc1ccc(C2=NC(c3ccc4c(c3)C=CC4)=NC2)cc1C. The molecular formula is C23H24N2. The zero-order chi connectivity index (χ0) is 17.2. The smallest absolute Gasteiger partial charge is 0.155 e. The summed E-state index contributed by atoms with van der Waals surface area (Å²) in [6, 6.07) is 13.3. The van der Waals surface area contributed by atoms with Gasteiger partial charge >= 0.3 is 0 Å². The van der Waals surface area contributed by atoms with Crippen LogP contribution in [-0.4, -0.2) is 18.1 Å². The van der Waals surface area contributed by atoms with Crippen LogP contribution in [0.1, 0.15) is 53.1 Å². The minimum absolute atomic E-state index is 0.677. The lowest BCUT2D eigenvalue weighted by Crippen LogP contribution is -2.03. The molecule has 0 fully saturated rings. The Morgan fingerprint density at radius 2 is 1.92 bits per heavy atom. The molecule has 0 N–H and O–H groups in total. The van der Waals surface area contributed by atoms with Gasteiger partial charge in [-0.25, -0.2) is 4.99 Å². The Morgan fingerprint density at radius 1 is 1.04 bits per heavy atom. The number of aryl methyl sites for hydroxylation is 2. The largest absolute Gasteiger partial charge is 0.260 e. The second kappa shape index (κ2) is 6.79. The molecule has 2 aromatic rings. The van der Waals surface area contributed by atoms with E-state index in [1.165, 1.54) is 47.1 Å². The van der Waals surface area contributed by atoms with Crippen molar-refractivity contribution >= 4 is 17.6 Å². The lowest BCUT2D eigenvalue weighted by Gasteiger charge is -2.08. The molecule has 2 aliphatic rings. The summed E-state index contributed by atoms with van der Waals surface area (Å²) in [6.07, 6.45) is 9.10. The quantitative estimate of drug-likeness (QED) is 0.724. The van der Waals surface area contributed by atoms with E-state index in [4.69, 9.17) is 4.99 Å². The topological polar surface area (TPSA) is 24.7 Å². The molecule has 0 atom stereocenters. The molecule has 0 spiro atoms. The average Bonchev–Trinajstić information content (AvgIpc) is 3.29. The highest BCUT2D eigenvalue weighted by molar-refractivity contribution is 6.17. The number of hydrogen-bond acceptors (Lipinski definition) is 2. The maximum Gasteiger partial charge on any atom is 0.155 e. The molecule has 4 rings (SSSR count). The van der Waals surface area contributed by atoms with Crippen LogP contribution in [0.15, 0.2) is 52.5 Å². The summed E-state index contributed by atoms with van der Waals surface area (Å²) in [5.41, 5.74) is 8.93. The highest BCUT2D eigenvalue weighted by Gasteiger charge is 2.16. The molecule has 0 saturated heterocycles. The standard InChI is InChI=1S/C23H24N2/c1-3-4-6-17-9-11-20(13-16(17)2)22-15-24-23(25-22)21-12-10-18-7-5-8-19(18)14-21/h5,8-14H,3-4,6-7,15H2,1-2H3. The van der Waals surface area contributed by atoms with E-state index in [-0.39, 0.29) is 0 Å². The van der Waals surface area contributed by atoms with Gasteiger partial charge in [0.05, 0.1) is 12.3 Å². The molecule has 1 aliphatic carbocycles. The zero-order valence-corrected chi connectivity index (χ0v) is 15.0. The number of fused-ring (bicyclic) bond motifs is 1. The lowest BCUT2D eigenvalue weighted by atomic mass is 9.99. The summed E-state index contributed by atoms with van der Waals surface area (Å²) in [5, 5.41) is 0. The monoisotopic (exact) mass is 328 g/mol. The summed E-state index contributed by atoms with van der Waals surface area (Å²) in [5.74, 6) is 0.866. The second-order valence-corrected chi connectivity index (χ2v) is 6.96. The molecule has 2 aromatic carbocycles. The number of rotatable bonds is 5. The predicted octanol–water partition coefficient (Wildman–Crippen LogP) is 5.16. The van der Waals surface area contributed by atoms with Gasteiger partial charge in [0.15, 0.2) is 5.84 Å². The molecule has 1 heterocycles. The third kappa shape index (κ3) is 3.21. The second-order valence-electron chi connectivity index (χ2n) is 6.96. The molecule has 0 radical (unpaired) electrons. The van der Waals surface area contributed by atoms with Crippen LogP contribution < -0.4 is 0 Å². The number of amidine groups is 1. The molecule has 2 heteroatoms. The Hall–Kier alpha value is -2.48. The number of benzene rings is 2. The number of aliphatic imine (C=N–C) groups is 2. The van der Waals surface area contributed by atoms with Gasteiger partial charge in [-0.05, 0) is 66.1 Å². The van der Waals surface area contributed by atoms with Crippen molar-refractivity contribution in [2.75, 3.05) is 6.54 Å². The molecule has 2 nitrogen and oxygen atoms in total. The van der Waals surface area contributed by atoms with Crippen molar-refractivity contribution in [1.82, 2.24) is 0 Å². The molecule has 0 unspecified atom stereocenters. The van der Waals surface area contributed by atoms with Crippen molar-refractivity contribution in [2.24, 2.45) is 9.98 Å². The average molecular weight is 328 g/mol. The molecule has 0 saturated carbocycles. The van der Waals surface area contributed by atoms with E-state index in [0.717, 1.165) is 23.5 Å². The van der Waals surface area contributed by atoms with Crippen LogP contribution in [0, 0.1) is 6.92 Å². The highest BCUT2D eigenvalue weighted by Crippen LogP contribution is 2.23. The fourth-order valence-corrected chi connectivity index (χ4v) is 3.57. The number of nitrogens with zero attached hydrogens (tertiary/aromatic N) is 2. The summed E-state index contributed by atoms with van der Waals surface area (Å²) in [6.45, 7) is 5.12. The first-order chi connectivity index (χ1) is 12.2. The van der Waals surface area contributed by atoms with Crippen molar-refractivity contribution in [3.63, 3.8) is 0 Å². The number of hydrogen-bond donors (Lipinski definition) is 0. The van der Waals surface area contributed by atoms with Gasteiger partial charge in [0, 0.05) is 5.56 Å². The van der Waals surface area contributed by atoms with E-state index < -0.39 is 0 Å². The van der Waals surface area contributed by atoms with Crippen LogP contribution in [0.3, 0.4) is 0 Å². The molecule has 0 bridgehead atoms. The predicted molar refractivity (Wildman–Crippen MR) is 107 cm³/mol. The Kier molecular flexibility index (Phi) is 4.35. The van der Waals surface area contributed by atoms with Crippen LogP contribution in [0.25, 0.3) is 6.08 Å². The van der Waals surface area contributed by atoms with E-state index in [2.05, 4.69) is 67.4 Å². The van der Waals surface area contributed by atoms with E-state index in [0.29, 0.717) is 6.54 Å². The van der Waals surface area contributed by atoms with Crippen molar-refractivity contribution in [3.05, 3.63) is 75.9 Å². The van der Waals surface area contributed by atoms with Crippen molar-refractivity contribution < 1.29 is 0 Å². The minimum atomic E-state index is 0.677. The first-order valence-electron chi connectivity index (χ1n) is 9.26. The Morgan fingerprint density at radius 3 is 2.76 bits per heavy atom. The Labute approximate surface area is 150 Å². The molecule has 0 aromatic heterocycles. The van der Waals surface area contributed by atoms with Gasteiger partial charge in [0.25, 0.3) is 0 Å². The summed E-state index contributed by atoms with van der Waals surface area (Å²) < 4.78 is 0. The van der Waals surface area contributed by atoms with Crippen LogP contribution in [-0.2, 0) is 12.8 Å². The van der Waals surface area contributed by atoms with Gasteiger partial charge < -0.3 is 0 Å². The first-order valence-corrected chi connectivity index (χ1v) is 9.26. The minimum Gasteiger partial charge on any atom is -0.260 e. The van der Waals surface area contributed by atoms with Crippen LogP contribution in [0.2, 0.25) is 0 Å². The van der Waals surface area contributed by atoms with Crippen LogP contribution >= 0.6 is 0 Å². The fourth-order valence-electron chi connectivity index (χ4n) is 3.57. The van der Waals surface area contributed by atoms with Gasteiger partial charge in [-0.15, -0.1) is 0 Å². The van der Waals surface area contributed by atoms with Crippen molar-refractivity contribution in [3.8, 4) is 0 Å². The van der Waals surface area contributed by atoms with E-state index in [9.17, 15) is 0 Å². The Balaban J connectivity index is 1.56. The van der Waals surface area contributed by atoms with Crippen molar-refractivity contribution in [2.45, 2.75) is 39.5 Å². The van der Waals surface area contributed by atoms with E-state index >= 15 is 0 Å². The number of allylic oxidation sites excluding steroid dienone is 1. The summed E-state index contributed by atoms with van der Waals surface area (Å²) in [4.78, 5) is 9.51. The lowest BCUT2D eigenvalue weighted by molar-refractivity contribution is 0.791. The zero-order valence-electron chi connectivity index (χ0n) is 15.0. The highest BCUT2D eigenvalue weighted by atomic mass is 15.0. The molecule has 25 heavy (non-hydrogen) atoms. The normalized spacial score (nSPS) is 15.3. The summed E-state index contributed by atoms with van der Waals surface area (Å²) >= 11 is 0. The van der Waals surface area contributed by atoms with Gasteiger partial charge in [0.1, 0.15) is 0 Å². The van der Waals surface area contributed by atoms with Crippen LogP contribution in [0.4, 0.5) is 0 Å². The fraction of sp³-hybridized carbons (Fsp3) is 0.304. The van der Waals surface area contributed by atoms with E-state index in [1.54, 1.807) is 0 Å². The number of unbranched alkanes of at least 4 members (excludes halogenated alkanes) is 1. The molecule has 0 amide bonds.